The molecule has 0 bridgehead atoms. The fourth-order valence-electron chi connectivity index (χ4n) is 2.32. The van der Waals surface area contributed by atoms with Crippen molar-refractivity contribution in [2.75, 3.05) is 19.6 Å². The van der Waals surface area contributed by atoms with Crippen LogP contribution in [0.2, 0.25) is 0 Å². The third-order valence-electron chi connectivity index (χ3n) is 3.48. The fraction of sp³-hybridized carbons (Fsp3) is 0.467. The average molecular weight is 278 g/mol. The Morgan fingerprint density at radius 2 is 1.95 bits per heavy atom. The van der Waals surface area contributed by atoms with Crippen molar-refractivity contribution in [3.63, 3.8) is 0 Å². The maximum atomic E-state index is 13.5. The molecule has 1 N–H and O–H groups in total. The number of nitrogens with zero attached hydrogens (tertiary/aromatic N) is 1. The van der Waals surface area contributed by atoms with Crippen LogP contribution in [0.15, 0.2) is 18.2 Å². The van der Waals surface area contributed by atoms with Crippen LogP contribution in [-0.4, -0.2) is 36.3 Å². The first-order valence-corrected chi connectivity index (χ1v) is 6.90. The van der Waals surface area contributed by atoms with Gasteiger partial charge in [0, 0.05) is 13.1 Å². The first-order valence-electron chi connectivity index (χ1n) is 6.90. The van der Waals surface area contributed by atoms with E-state index in [0.717, 1.165) is 37.9 Å². The zero-order chi connectivity index (χ0) is 14.5. The molecular formula is C15H19FN2O2. The molecular weight excluding hydrogens is 259 g/mol. The molecule has 0 radical (unpaired) electrons. The standard InChI is InChI=1S/C15H19FN2O2/c1-11-5-6-13(16)12(9-11)15(20)17-10-14(19)18-7-3-2-4-8-18/h5-6,9H,2-4,7-8,10H2,1H3,(H,17,20). The highest BCUT2D eigenvalue weighted by Crippen LogP contribution is 2.10. The van der Waals surface area contributed by atoms with Crippen LogP contribution in [0.5, 0.6) is 0 Å². The number of amides is 2. The zero-order valence-corrected chi connectivity index (χ0v) is 11.6. The van der Waals surface area contributed by atoms with Gasteiger partial charge in [-0.15, -0.1) is 0 Å². The Hall–Kier alpha value is -1.91. The van der Waals surface area contributed by atoms with E-state index in [1.807, 2.05) is 0 Å². The molecule has 0 saturated carbocycles. The Bertz CT molecular complexity index is 511. The van der Waals surface area contributed by atoms with Crippen molar-refractivity contribution in [1.82, 2.24) is 10.2 Å². The third-order valence-corrected chi connectivity index (χ3v) is 3.48. The molecule has 20 heavy (non-hydrogen) atoms. The van der Waals surface area contributed by atoms with Crippen molar-refractivity contribution in [2.24, 2.45) is 0 Å². The van der Waals surface area contributed by atoms with E-state index in [9.17, 15) is 14.0 Å². The van der Waals surface area contributed by atoms with Gasteiger partial charge in [0.25, 0.3) is 5.91 Å². The Balaban J connectivity index is 1.91. The Morgan fingerprint density at radius 1 is 1.25 bits per heavy atom. The van der Waals surface area contributed by atoms with E-state index >= 15 is 0 Å². The molecule has 5 heteroatoms. The molecule has 1 fully saturated rings. The maximum absolute atomic E-state index is 13.5. The Labute approximate surface area is 118 Å². The molecule has 0 aliphatic carbocycles. The predicted octanol–water partition coefficient (Wildman–Crippen LogP) is 1.88. The predicted molar refractivity (Wildman–Crippen MR) is 73.9 cm³/mol. The van der Waals surface area contributed by atoms with Gasteiger partial charge in [-0.3, -0.25) is 9.59 Å². The second-order valence-electron chi connectivity index (χ2n) is 5.11. The van der Waals surface area contributed by atoms with Gasteiger partial charge < -0.3 is 10.2 Å². The Kier molecular flexibility index (Phi) is 4.71. The van der Waals surface area contributed by atoms with Crippen LogP contribution in [0, 0.1) is 12.7 Å². The second-order valence-corrected chi connectivity index (χ2v) is 5.11. The van der Waals surface area contributed by atoms with E-state index in [4.69, 9.17) is 0 Å². The number of aryl methyl sites for hydroxylation is 1. The summed E-state index contributed by atoms with van der Waals surface area (Å²) in [5.74, 6) is -1.22. The number of nitrogens with one attached hydrogen (secondary N) is 1. The van der Waals surface area contributed by atoms with Crippen LogP contribution in [0.4, 0.5) is 4.39 Å². The molecule has 1 aliphatic heterocycles. The quantitative estimate of drug-likeness (QED) is 0.917. The molecule has 0 aromatic heterocycles. The summed E-state index contributed by atoms with van der Waals surface area (Å²) in [7, 11) is 0. The fourth-order valence-corrected chi connectivity index (χ4v) is 2.32. The van der Waals surface area contributed by atoms with Crippen LogP contribution in [0.3, 0.4) is 0 Å². The Morgan fingerprint density at radius 3 is 2.65 bits per heavy atom. The monoisotopic (exact) mass is 278 g/mol. The molecule has 1 saturated heterocycles. The van der Waals surface area contributed by atoms with Crippen molar-refractivity contribution in [3.05, 3.63) is 35.1 Å². The van der Waals surface area contributed by atoms with Crippen molar-refractivity contribution < 1.29 is 14.0 Å². The lowest BCUT2D eigenvalue weighted by Crippen LogP contribution is -2.42. The number of carbonyl (C=O) groups excluding carboxylic acids is 2. The van der Waals surface area contributed by atoms with E-state index in [1.54, 1.807) is 17.9 Å². The number of benzene rings is 1. The van der Waals surface area contributed by atoms with Crippen molar-refractivity contribution >= 4 is 11.8 Å². The average Bonchev–Trinajstić information content (AvgIpc) is 2.47. The van der Waals surface area contributed by atoms with Gasteiger partial charge in [0.05, 0.1) is 12.1 Å². The summed E-state index contributed by atoms with van der Waals surface area (Å²) >= 11 is 0. The topological polar surface area (TPSA) is 49.4 Å². The molecule has 2 amide bonds. The summed E-state index contributed by atoms with van der Waals surface area (Å²) in [6, 6.07) is 4.34. The van der Waals surface area contributed by atoms with Crippen LogP contribution in [0.1, 0.15) is 35.2 Å². The highest BCUT2D eigenvalue weighted by atomic mass is 19.1. The molecule has 0 spiro atoms. The zero-order valence-electron chi connectivity index (χ0n) is 11.6. The number of carbonyl (C=O) groups is 2. The molecule has 1 heterocycles. The van der Waals surface area contributed by atoms with Gasteiger partial charge in [-0.05, 0) is 38.3 Å². The molecule has 0 unspecified atom stereocenters. The van der Waals surface area contributed by atoms with Gasteiger partial charge in [-0.1, -0.05) is 11.6 Å². The minimum absolute atomic E-state index is 0.0172. The highest BCUT2D eigenvalue weighted by Gasteiger charge is 2.18. The van der Waals surface area contributed by atoms with Crippen LogP contribution >= 0.6 is 0 Å². The first kappa shape index (κ1) is 14.5. The van der Waals surface area contributed by atoms with E-state index in [2.05, 4.69) is 5.32 Å². The van der Waals surface area contributed by atoms with Crippen LogP contribution in [0.25, 0.3) is 0 Å². The van der Waals surface area contributed by atoms with Gasteiger partial charge in [0.1, 0.15) is 5.82 Å². The van der Waals surface area contributed by atoms with Crippen molar-refractivity contribution in [3.8, 4) is 0 Å². The molecule has 2 rings (SSSR count). The number of halogens is 1. The number of piperidine rings is 1. The van der Waals surface area contributed by atoms with E-state index in [1.165, 1.54) is 12.1 Å². The normalized spacial score (nSPS) is 15.0. The second kappa shape index (κ2) is 6.50. The first-order chi connectivity index (χ1) is 9.58. The van der Waals surface area contributed by atoms with Gasteiger partial charge in [-0.2, -0.15) is 0 Å². The molecule has 1 aromatic carbocycles. The van der Waals surface area contributed by atoms with Gasteiger partial charge in [-0.25, -0.2) is 4.39 Å². The molecule has 0 atom stereocenters. The lowest BCUT2D eigenvalue weighted by molar-refractivity contribution is -0.130. The van der Waals surface area contributed by atoms with Crippen LogP contribution in [-0.2, 0) is 4.79 Å². The number of rotatable bonds is 3. The summed E-state index contributed by atoms with van der Waals surface area (Å²) < 4.78 is 13.5. The molecule has 108 valence electrons. The van der Waals surface area contributed by atoms with E-state index < -0.39 is 11.7 Å². The lowest BCUT2D eigenvalue weighted by Gasteiger charge is -2.26. The summed E-state index contributed by atoms with van der Waals surface area (Å²) in [5.41, 5.74) is 0.787. The maximum Gasteiger partial charge on any atom is 0.254 e. The summed E-state index contributed by atoms with van der Waals surface area (Å²) in [6.45, 7) is 3.20. The van der Waals surface area contributed by atoms with Gasteiger partial charge >= 0.3 is 0 Å². The molecule has 1 aliphatic rings. The van der Waals surface area contributed by atoms with E-state index in [0.29, 0.717) is 0 Å². The number of hydrogen-bond acceptors (Lipinski definition) is 2. The summed E-state index contributed by atoms with van der Waals surface area (Å²) in [4.78, 5) is 25.5. The third kappa shape index (κ3) is 3.56. The van der Waals surface area contributed by atoms with Gasteiger partial charge in [0.2, 0.25) is 5.91 Å². The molecule has 4 nitrogen and oxygen atoms in total. The summed E-state index contributed by atoms with van der Waals surface area (Å²) in [6.07, 6.45) is 3.16. The SMILES string of the molecule is Cc1ccc(F)c(C(=O)NCC(=O)N2CCCCC2)c1. The smallest absolute Gasteiger partial charge is 0.254 e. The van der Waals surface area contributed by atoms with E-state index in [-0.39, 0.29) is 18.0 Å². The van der Waals surface area contributed by atoms with Crippen LogP contribution < -0.4 is 5.32 Å². The summed E-state index contributed by atoms with van der Waals surface area (Å²) in [5, 5.41) is 2.49. The van der Waals surface area contributed by atoms with Gasteiger partial charge in [0.15, 0.2) is 0 Å². The highest BCUT2D eigenvalue weighted by molar-refractivity contribution is 5.96. The number of hydrogen-bond donors (Lipinski definition) is 1. The minimum atomic E-state index is -0.571. The van der Waals surface area contributed by atoms with Crippen molar-refractivity contribution in [2.45, 2.75) is 26.2 Å². The largest absolute Gasteiger partial charge is 0.343 e. The number of likely N-dealkylation sites (tertiary alicyclic amines) is 1. The van der Waals surface area contributed by atoms with Crippen molar-refractivity contribution in [1.29, 1.82) is 0 Å². The molecule has 1 aromatic rings. The minimum Gasteiger partial charge on any atom is -0.343 e. The lowest BCUT2D eigenvalue weighted by atomic mass is 10.1.